The Kier molecular flexibility index (Phi) is 6.74. The predicted molar refractivity (Wildman–Crippen MR) is 113 cm³/mol. The Bertz CT molecular complexity index is 983. The fraction of sp³-hybridized carbons (Fsp3) is 0.300. The van der Waals surface area contributed by atoms with E-state index in [0.717, 1.165) is 24.3 Å². The molecule has 0 N–H and O–H groups in total. The van der Waals surface area contributed by atoms with E-state index in [1.807, 2.05) is 24.3 Å². The molecule has 1 aromatic heterocycles. The van der Waals surface area contributed by atoms with E-state index in [2.05, 4.69) is 28.9 Å². The molecule has 0 fully saturated rings. The van der Waals surface area contributed by atoms with Crippen LogP contribution in [-0.2, 0) is 9.84 Å². The van der Waals surface area contributed by atoms with Gasteiger partial charge in [-0.2, -0.15) is 0 Å². The molecule has 6 nitrogen and oxygen atoms in total. The second-order valence-corrected chi connectivity index (χ2v) is 9.23. The maximum Gasteiger partial charge on any atom is 0.276 e. The van der Waals surface area contributed by atoms with E-state index >= 15 is 0 Å². The summed E-state index contributed by atoms with van der Waals surface area (Å²) in [5.41, 5.74) is 1.99. The summed E-state index contributed by atoms with van der Waals surface area (Å²) in [5, 5.41) is 8.46. The molecule has 0 aliphatic rings. The minimum absolute atomic E-state index is 0.0119. The molecule has 8 heteroatoms. The van der Waals surface area contributed by atoms with Crippen molar-refractivity contribution in [3.8, 4) is 11.5 Å². The van der Waals surface area contributed by atoms with Gasteiger partial charge in [0.05, 0.1) is 10.6 Å². The lowest BCUT2D eigenvalue weighted by Gasteiger charge is -2.20. The first kappa shape index (κ1) is 20.4. The lowest BCUT2D eigenvalue weighted by atomic mass is 10.2. The Morgan fingerprint density at radius 3 is 2.29 bits per heavy atom. The van der Waals surface area contributed by atoms with Crippen LogP contribution in [0.4, 0.5) is 5.69 Å². The van der Waals surface area contributed by atoms with Crippen LogP contribution >= 0.6 is 11.8 Å². The number of anilines is 1. The predicted octanol–water partition coefficient (Wildman–Crippen LogP) is 4.15. The highest BCUT2D eigenvalue weighted by molar-refractivity contribution is 8.00. The Balaban J connectivity index is 1.60. The average Bonchev–Trinajstić information content (AvgIpc) is 3.19. The monoisotopic (exact) mass is 417 g/mol. The summed E-state index contributed by atoms with van der Waals surface area (Å²) in [5.74, 6) is 0.789. The molecular formula is C20H23N3O3S2. The first-order valence-electron chi connectivity index (χ1n) is 9.13. The summed E-state index contributed by atoms with van der Waals surface area (Å²) in [4.78, 5) is 2.58. The summed E-state index contributed by atoms with van der Waals surface area (Å²) in [6.45, 7) is 6.14. The quantitative estimate of drug-likeness (QED) is 0.484. The molecule has 2 aromatic carbocycles. The van der Waals surface area contributed by atoms with Gasteiger partial charge in [-0.05, 0) is 50.2 Å². The van der Waals surface area contributed by atoms with Crippen molar-refractivity contribution in [1.82, 2.24) is 10.2 Å². The lowest BCUT2D eigenvalue weighted by Crippen LogP contribution is -2.21. The van der Waals surface area contributed by atoms with Crippen LogP contribution in [0.5, 0.6) is 0 Å². The molecule has 0 amide bonds. The number of thioether (sulfide) groups is 1. The maximum absolute atomic E-state index is 12.3. The first-order valence-corrected chi connectivity index (χ1v) is 11.8. The molecule has 148 valence electrons. The molecule has 0 spiro atoms. The van der Waals surface area contributed by atoms with Gasteiger partial charge >= 0.3 is 0 Å². The third kappa shape index (κ3) is 4.94. The van der Waals surface area contributed by atoms with Crippen LogP contribution in [-0.4, -0.2) is 43.2 Å². The molecule has 0 radical (unpaired) electrons. The molecule has 0 unspecified atom stereocenters. The smallest absolute Gasteiger partial charge is 0.276 e. The summed E-state index contributed by atoms with van der Waals surface area (Å²) in [7, 11) is -3.31. The Labute approximate surface area is 169 Å². The zero-order valence-corrected chi connectivity index (χ0v) is 17.5. The number of rotatable bonds is 9. The van der Waals surface area contributed by atoms with Gasteiger partial charge in [-0.3, -0.25) is 0 Å². The van der Waals surface area contributed by atoms with Crippen molar-refractivity contribution < 1.29 is 12.8 Å². The molecule has 0 atom stereocenters. The first-order chi connectivity index (χ1) is 13.5. The van der Waals surface area contributed by atoms with Gasteiger partial charge in [-0.15, -0.1) is 10.2 Å². The van der Waals surface area contributed by atoms with Crippen LogP contribution < -0.4 is 4.90 Å². The molecule has 0 saturated heterocycles. The van der Waals surface area contributed by atoms with Crippen molar-refractivity contribution in [3.63, 3.8) is 0 Å². The van der Waals surface area contributed by atoms with Crippen LogP contribution in [0.1, 0.15) is 13.8 Å². The van der Waals surface area contributed by atoms with Crippen LogP contribution in [0.3, 0.4) is 0 Å². The van der Waals surface area contributed by atoms with Gasteiger partial charge in [0.1, 0.15) is 0 Å². The third-order valence-corrected chi connectivity index (χ3v) is 7.14. The highest BCUT2D eigenvalue weighted by Crippen LogP contribution is 2.26. The molecular weight excluding hydrogens is 394 g/mol. The van der Waals surface area contributed by atoms with E-state index in [1.165, 1.54) is 11.8 Å². The molecule has 28 heavy (non-hydrogen) atoms. The molecule has 0 bridgehead atoms. The van der Waals surface area contributed by atoms with E-state index < -0.39 is 9.84 Å². The molecule has 0 aliphatic heterocycles. The van der Waals surface area contributed by atoms with Crippen molar-refractivity contribution in [2.75, 3.05) is 29.5 Å². The number of aromatic nitrogens is 2. The standard InChI is InChI=1S/C20H23N3O3S2/c1-3-23(4-2)17-12-10-16(11-13-17)19-21-22-20(26-19)27-14-15-28(24,25)18-8-6-5-7-9-18/h5-13H,3-4,14-15H2,1-2H3. The van der Waals surface area contributed by atoms with Crippen LogP contribution in [0.15, 0.2) is 69.1 Å². The SMILES string of the molecule is CCN(CC)c1ccc(-c2nnc(SCCS(=O)(=O)c3ccccc3)o2)cc1. The molecule has 0 aliphatic carbocycles. The van der Waals surface area contributed by atoms with Crippen molar-refractivity contribution in [3.05, 3.63) is 54.6 Å². The van der Waals surface area contributed by atoms with Crippen molar-refractivity contribution in [1.29, 1.82) is 0 Å². The molecule has 1 heterocycles. The van der Waals surface area contributed by atoms with Gasteiger partial charge < -0.3 is 9.32 Å². The van der Waals surface area contributed by atoms with E-state index in [1.54, 1.807) is 30.3 Å². The van der Waals surface area contributed by atoms with Crippen molar-refractivity contribution in [2.45, 2.75) is 24.0 Å². The Morgan fingerprint density at radius 1 is 0.964 bits per heavy atom. The summed E-state index contributed by atoms with van der Waals surface area (Å²) < 4.78 is 30.3. The Hall–Kier alpha value is -2.32. The average molecular weight is 418 g/mol. The minimum atomic E-state index is -3.31. The van der Waals surface area contributed by atoms with Gasteiger partial charge in [0.15, 0.2) is 9.84 Å². The van der Waals surface area contributed by atoms with Gasteiger partial charge in [0.2, 0.25) is 5.89 Å². The van der Waals surface area contributed by atoms with Crippen LogP contribution in [0.25, 0.3) is 11.5 Å². The number of hydrogen-bond donors (Lipinski definition) is 0. The van der Waals surface area contributed by atoms with E-state index in [-0.39, 0.29) is 5.75 Å². The largest absolute Gasteiger partial charge is 0.411 e. The van der Waals surface area contributed by atoms with E-state index in [9.17, 15) is 8.42 Å². The maximum atomic E-state index is 12.3. The topological polar surface area (TPSA) is 76.3 Å². The second-order valence-electron chi connectivity index (χ2n) is 6.07. The van der Waals surface area contributed by atoms with Crippen molar-refractivity contribution in [2.24, 2.45) is 0 Å². The normalized spacial score (nSPS) is 11.5. The fourth-order valence-corrected chi connectivity index (χ4v) is 5.20. The van der Waals surface area contributed by atoms with E-state index in [0.29, 0.717) is 21.8 Å². The number of sulfone groups is 1. The summed E-state index contributed by atoms with van der Waals surface area (Å²) in [6.07, 6.45) is 0. The lowest BCUT2D eigenvalue weighted by molar-refractivity contribution is 0.466. The van der Waals surface area contributed by atoms with Crippen LogP contribution in [0.2, 0.25) is 0 Å². The van der Waals surface area contributed by atoms with E-state index in [4.69, 9.17) is 4.42 Å². The van der Waals surface area contributed by atoms with Gasteiger partial charge in [-0.25, -0.2) is 8.42 Å². The summed E-state index contributed by atoms with van der Waals surface area (Å²) >= 11 is 1.25. The minimum Gasteiger partial charge on any atom is -0.411 e. The highest BCUT2D eigenvalue weighted by atomic mass is 32.2. The second kappa shape index (κ2) is 9.25. The van der Waals surface area contributed by atoms with Gasteiger partial charge in [0.25, 0.3) is 5.22 Å². The zero-order chi connectivity index (χ0) is 20.0. The number of nitrogens with zero attached hydrogens (tertiary/aromatic N) is 3. The van der Waals surface area contributed by atoms with Gasteiger partial charge in [-0.1, -0.05) is 30.0 Å². The highest BCUT2D eigenvalue weighted by Gasteiger charge is 2.15. The zero-order valence-electron chi connectivity index (χ0n) is 15.9. The molecule has 3 rings (SSSR count). The fourth-order valence-electron chi connectivity index (χ4n) is 2.77. The third-order valence-electron chi connectivity index (χ3n) is 4.33. The number of hydrogen-bond acceptors (Lipinski definition) is 7. The van der Waals surface area contributed by atoms with Crippen molar-refractivity contribution >= 4 is 27.3 Å². The molecule has 3 aromatic rings. The molecule has 0 saturated carbocycles. The summed E-state index contributed by atoms with van der Waals surface area (Å²) in [6, 6.07) is 16.4. The van der Waals surface area contributed by atoms with Crippen LogP contribution in [0, 0.1) is 0 Å². The Morgan fingerprint density at radius 2 is 1.64 bits per heavy atom. The number of benzene rings is 2. The van der Waals surface area contributed by atoms with Gasteiger partial charge in [0, 0.05) is 30.1 Å².